The Bertz CT molecular complexity index is 925. The molecular formula is C21H20BrClN2O4. The smallest absolute Gasteiger partial charge is 0.326 e. The van der Waals surface area contributed by atoms with Gasteiger partial charge in [-0.15, -0.1) is 0 Å². The average Bonchev–Trinajstić information content (AvgIpc) is 2.67. The molecule has 0 aliphatic carbocycles. The highest BCUT2D eigenvalue weighted by molar-refractivity contribution is 9.10. The van der Waals surface area contributed by atoms with E-state index >= 15 is 0 Å². The summed E-state index contributed by atoms with van der Waals surface area (Å²) in [7, 11) is 0. The fourth-order valence-electron chi connectivity index (χ4n) is 2.41. The monoisotopic (exact) mass is 478 g/mol. The first kappa shape index (κ1) is 22.6. The molecule has 29 heavy (non-hydrogen) atoms. The van der Waals surface area contributed by atoms with Crippen LogP contribution >= 0.6 is 27.5 Å². The van der Waals surface area contributed by atoms with Crippen LogP contribution in [0.4, 0.5) is 0 Å². The lowest BCUT2D eigenvalue weighted by Gasteiger charge is -2.19. The number of halogens is 2. The first-order valence-corrected chi connectivity index (χ1v) is 9.92. The summed E-state index contributed by atoms with van der Waals surface area (Å²) in [5.74, 6) is -2.69. The number of nitrogens with one attached hydrogen (secondary N) is 2. The highest BCUT2D eigenvalue weighted by atomic mass is 79.9. The van der Waals surface area contributed by atoms with Gasteiger partial charge < -0.3 is 15.7 Å². The molecule has 0 aliphatic rings. The molecule has 0 saturated heterocycles. The number of aliphatic carboxylic acids is 1. The normalized spacial score (nSPS) is 12.4. The van der Waals surface area contributed by atoms with Gasteiger partial charge in [-0.2, -0.15) is 0 Å². The summed E-state index contributed by atoms with van der Waals surface area (Å²) in [6.07, 6.45) is 1.46. The molecule has 0 spiro atoms. The molecule has 0 saturated carbocycles. The second kappa shape index (κ2) is 10.2. The fraction of sp³-hybridized carbons (Fsp3) is 0.190. The minimum absolute atomic E-state index is 0.0767. The maximum atomic E-state index is 12.8. The maximum absolute atomic E-state index is 12.8. The van der Waals surface area contributed by atoms with E-state index in [1.807, 2.05) is 0 Å². The van der Waals surface area contributed by atoms with Crippen molar-refractivity contribution in [3.8, 4) is 0 Å². The van der Waals surface area contributed by atoms with Gasteiger partial charge in [0.1, 0.15) is 11.7 Å². The number of carboxylic acid groups (broad SMARTS) is 1. The summed E-state index contributed by atoms with van der Waals surface area (Å²) in [6.45, 7) is 3.37. The first-order valence-electron chi connectivity index (χ1n) is 8.75. The molecular weight excluding hydrogens is 460 g/mol. The standard InChI is InChI=1S/C21H20BrClN2O4/c1-12(2)18(21(28)29)25-20(27)17(11-13-3-9-16(23)10-4-13)24-19(26)14-5-7-15(22)8-6-14/h3-12,18H,1-2H3,(H,24,26)(H,25,27)(H,28,29)/b17-11+/t18-/m0/s1. The number of carboxylic acids is 1. The Morgan fingerprint density at radius 3 is 2.14 bits per heavy atom. The second-order valence-electron chi connectivity index (χ2n) is 6.60. The SMILES string of the molecule is CC(C)[C@H](NC(=O)/C(=C\c1ccc(Cl)cc1)NC(=O)c1ccc(Br)cc1)C(=O)O. The van der Waals surface area contributed by atoms with Crippen molar-refractivity contribution in [2.75, 3.05) is 0 Å². The molecule has 0 fully saturated rings. The van der Waals surface area contributed by atoms with E-state index in [0.29, 0.717) is 16.1 Å². The number of amides is 2. The molecule has 0 aromatic heterocycles. The topological polar surface area (TPSA) is 95.5 Å². The third-order valence-electron chi connectivity index (χ3n) is 4.00. The minimum atomic E-state index is -1.15. The zero-order valence-corrected chi connectivity index (χ0v) is 18.1. The van der Waals surface area contributed by atoms with E-state index in [0.717, 1.165) is 4.47 Å². The van der Waals surface area contributed by atoms with Crippen LogP contribution in [0.5, 0.6) is 0 Å². The average molecular weight is 480 g/mol. The van der Waals surface area contributed by atoms with Crippen LogP contribution < -0.4 is 10.6 Å². The minimum Gasteiger partial charge on any atom is -0.480 e. The van der Waals surface area contributed by atoms with Crippen LogP contribution in [0.2, 0.25) is 5.02 Å². The van der Waals surface area contributed by atoms with Crippen LogP contribution in [0.15, 0.2) is 58.7 Å². The third kappa shape index (κ3) is 6.73. The Balaban J connectivity index is 2.33. The van der Waals surface area contributed by atoms with Crippen LogP contribution in [-0.4, -0.2) is 28.9 Å². The van der Waals surface area contributed by atoms with Crippen molar-refractivity contribution in [1.82, 2.24) is 10.6 Å². The number of rotatable bonds is 7. The summed E-state index contributed by atoms with van der Waals surface area (Å²) in [4.78, 5) is 36.8. The van der Waals surface area contributed by atoms with Gasteiger partial charge in [0.25, 0.3) is 11.8 Å². The van der Waals surface area contributed by atoms with Gasteiger partial charge in [-0.3, -0.25) is 9.59 Å². The number of hydrogen-bond acceptors (Lipinski definition) is 3. The summed E-state index contributed by atoms with van der Waals surface area (Å²) >= 11 is 9.19. The second-order valence-corrected chi connectivity index (χ2v) is 7.96. The number of hydrogen-bond donors (Lipinski definition) is 3. The molecule has 0 aliphatic heterocycles. The van der Waals surface area contributed by atoms with Crippen LogP contribution in [0.1, 0.15) is 29.8 Å². The Kier molecular flexibility index (Phi) is 7.99. The number of carbonyl (C=O) groups excluding carboxylic acids is 2. The summed E-state index contributed by atoms with van der Waals surface area (Å²) < 4.78 is 0.810. The van der Waals surface area contributed by atoms with Crippen LogP contribution in [0.3, 0.4) is 0 Å². The van der Waals surface area contributed by atoms with E-state index in [4.69, 9.17) is 11.6 Å². The predicted molar refractivity (Wildman–Crippen MR) is 115 cm³/mol. The lowest BCUT2D eigenvalue weighted by atomic mass is 10.0. The molecule has 0 heterocycles. The Morgan fingerprint density at radius 2 is 1.62 bits per heavy atom. The van der Waals surface area contributed by atoms with E-state index in [1.165, 1.54) is 6.08 Å². The number of benzene rings is 2. The van der Waals surface area contributed by atoms with Gasteiger partial charge in [-0.25, -0.2) is 4.79 Å². The van der Waals surface area contributed by atoms with Gasteiger partial charge >= 0.3 is 5.97 Å². The van der Waals surface area contributed by atoms with Gasteiger partial charge in [-0.05, 0) is 54.0 Å². The van der Waals surface area contributed by atoms with Crippen molar-refractivity contribution >= 4 is 51.4 Å². The fourth-order valence-corrected chi connectivity index (χ4v) is 2.80. The summed E-state index contributed by atoms with van der Waals surface area (Å²) in [5, 5.41) is 14.9. The Labute approximate surface area is 182 Å². The van der Waals surface area contributed by atoms with Crippen molar-refractivity contribution in [2.24, 2.45) is 5.92 Å². The van der Waals surface area contributed by atoms with Gasteiger partial charge in [0.2, 0.25) is 0 Å². The van der Waals surface area contributed by atoms with Crippen LogP contribution in [0, 0.1) is 5.92 Å². The van der Waals surface area contributed by atoms with Gasteiger partial charge in [0.05, 0.1) is 0 Å². The van der Waals surface area contributed by atoms with Crippen molar-refractivity contribution < 1.29 is 19.5 Å². The molecule has 2 aromatic rings. The summed E-state index contributed by atoms with van der Waals surface area (Å²) in [6, 6.07) is 12.2. The zero-order chi connectivity index (χ0) is 21.6. The molecule has 8 heteroatoms. The van der Waals surface area contributed by atoms with E-state index in [1.54, 1.807) is 62.4 Å². The van der Waals surface area contributed by atoms with Crippen LogP contribution in [-0.2, 0) is 9.59 Å². The van der Waals surface area contributed by atoms with Crippen LogP contribution in [0.25, 0.3) is 6.08 Å². The molecule has 0 unspecified atom stereocenters. The lowest BCUT2D eigenvalue weighted by molar-refractivity contribution is -0.142. The molecule has 2 rings (SSSR count). The molecule has 152 valence electrons. The molecule has 0 bridgehead atoms. The number of carbonyl (C=O) groups is 3. The summed E-state index contributed by atoms with van der Waals surface area (Å²) in [5.41, 5.74) is 0.890. The third-order valence-corrected chi connectivity index (χ3v) is 4.78. The van der Waals surface area contributed by atoms with Crippen molar-refractivity contribution in [2.45, 2.75) is 19.9 Å². The predicted octanol–water partition coefficient (Wildman–Crippen LogP) is 4.10. The van der Waals surface area contributed by atoms with Crippen molar-refractivity contribution in [3.05, 3.63) is 74.9 Å². The van der Waals surface area contributed by atoms with E-state index in [9.17, 15) is 19.5 Å². The Hall–Kier alpha value is -2.64. The highest BCUT2D eigenvalue weighted by Crippen LogP contribution is 2.14. The van der Waals surface area contributed by atoms with Gasteiger partial charge in [0.15, 0.2) is 0 Å². The molecule has 0 radical (unpaired) electrons. The molecule has 3 N–H and O–H groups in total. The largest absolute Gasteiger partial charge is 0.480 e. The van der Waals surface area contributed by atoms with Gasteiger partial charge in [0, 0.05) is 15.1 Å². The van der Waals surface area contributed by atoms with E-state index < -0.39 is 23.8 Å². The van der Waals surface area contributed by atoms with E-state index in [-0.39, 0.29) is 11.6 Å². The maximum Gasteiger partial charge on any atom is 0.326 e. The first-order chi connectivity index (χ1) is 13.7. The van der Waals surface area contributed by atoms with E-state index in [2.05, 4.69) is 26.6 Å². The molecule has 6 nitrogen and oxygen atoms in total. The van der Waals surface area contributed by atoms with Gasteiger partial charge in [-0.1, -0.05) is 53.5 Å². The molecule has 2 amide bonds. The molecule has 1 atom stereocenters. The zero-order valence-electron chi connectivity index (χ0n) is 15.8. The van der Waals surface area contributed by atoms with Crippen molar-refractivity contribution in [1.29, 1.82) is 0 Å². The quantitative estimate of drug-likeness (QED) is 0.521. The highest BCUT2D eigenvalue weighted by Gasteiger charge is 2.25. The van der Waals surface area contributed by atoms with Crippen molar-refractivity contribution in [3.63, 3.8) is 0 Å². The molecule has 2 aromatic carbocycles. The Morgan fingerprint density at radius 1 is 1.03 bits per heavy atom. The lowest BCUT2D eigenvalue weighted by Crippen LogP contribution is -2.47.